The second-order valence-corrected chi connectivity index (χ2v) is 7.25. The fourth-order valence-corrected chi connectivity index (χ4v) is 4.65. The van der Waals surface area contributed by atoms with Crippen molar-refractivity contribution in [3.05, 3.63) is 17.0 Å². The van der Waals surface area contributed by atoms with Crippen molar-refractivity contribution >= 4 is 11.9 Å². The van der Waals surface area contributed by atoms with E-state index in [0.717, 1.165) is 36.2 Å². The van der Waals surface area contributed by atoms with Gasteiger partial charge in [-0.2, -0.15) is 5.10 Å². The highest BCUT2D eigenvalue weighted by atomic mass is 16.5. The number of nitrogens with one attached hydrogen (secondary N) is 1. The number of aryl methyl sites for hydroxylation is 2. The first-order valence-corrected chi connectivity index (χ1v) is 8.78. The Hall–Kier alpha value is -1.85. The molecule has 6 heteroatoms. The standard InChI is InChI=1S/C18H27N3O3/c1-10-14(11(2)21(3)20-10)7-8-15(22)19-17-13-6-5-12(9-13)16(17)18(23)24-4/h12-13,16-17H,5-9H2,1-4H3,(H,19,22). The zero-order chi connectivity index (χ0) is 17.4. The summed E-state index contributed by atoms with van der Waals surface area (Å²) in [4.78, 5) is 24.5. The number of ether oxygens (including phenoxy) is 1. The van der Waals surface area contributed by atoms with Crippen molar-refractivity contribution in [2.24, 2.45) is 24.8 Å². The van der Waals surface area contributed by atoms with Gasteiger partial charge in [-0.1, -0.05) is 0 Å². The minimum absolute atomic E-state index is 0.0177. The number of amides is 1. The molecule has 3 rings (SSSR count). The van der Waals surface area contributed by atoms with Crippen LogP contribution >= 0.6 is 0 Å². The van der Waals surface area contributed by atoms with E-state index in [1.54, 1.807) is 0 Å². The van der Waals surface area contributed by atoms with Gasteiger partial charge in [0.2, 0.25) is 5.91 Å². The number of fused-ring (bicyclic) bond motifs is 2. The van der Waals surface area contributed by atoms with Gasteiger partial charge in [0.05, 0.1) is 18.7 Å². The molecule has 132 valence electrons. The van der Waals surface area contributed by atoms with Crippen molar-refractivity contribution in [3.63, 3.8) is 0 Å². The van der Waals surface area contributed by atoms with Crippen molar-refractivity contribution < 1.29 is 14.3 Å². The van der Waals surface area contributed by atoms with Crippen LogP contribution in [0.5, 0.6) is 0 Å². The highest BCUT2D eigenvalue weighted by molar-refractivity contribution is 5.79. The Kier molecular flexibility index (Phi) is 4.65. The Labute approximate surface area is 142 Å². The Morgan fingerprint density at radius 2 is 2.00 bits per heavy atom. The van der Waals surface area contributed by atoms with Gasteiger partial charge >= 0.3 is 5.97 Å². The van der Waals surface area contributed by atoms with Crippen LogP contribution in [0.3, 0.4) is 0 Å². The van der Waals surface area contributed by atoms with Gasteiger partial charge in [-0.3, -0.25) is 14.3 Å². The number of carbonyl (C=O) groups excluding carboxylic acids is 2. The highest BCUT2D eigenvalue weighted by Gasteiger charge is 2.51. The fourth-order valence-electron chi connectivity index (χ4n) is 4.65. The third kappa shape index (κ3) is 2.94. The predicted molar refractivity (Wildman–Crippen MR) is 89.3 cm³/mol. The van der Waals surface area contributed by atoms with Crippen molar-refractivity contribution in [3.8, 4) is 0 Å². The van der Waals surface area contributed by atoms with Crippen LogP contribution in [0.15, 0.2) is 0 Å². The minimum atomic E-state index is -0.175. The molecule has 0 radical (unpaired) electrons. The van der Waals surface area contributed by atoms with E-state index in [9.17, 15) is 9.59 Å². The van der Waals surface area contributed by atoms with Crippen LogP contribution in [0.2, 0.25) is 0 Å². The highest BCUT2D eigenvalue weighted by Crippen LogP contribution is 2.48. The van der Waals surface area contributed by atoms with Gasteiger partial charge in [-0.25, -0.2) is 0 Å². The third-order valence-corrected chi connectivity index (χ3v) is 5.98. The van der Waals surface area contributed by atoms with Crippen molar-refractivity contribution in [1.82, 2.24) is 15.1 Å². The van der Waals surface area contributed by atoms with E-state index < -0.39 is 0 Å². The van der Waals surface area contributed by atoms with Crippen LogP contribution in [0.25, 0.3) is 0 Å². The van der Waals surface area contributed by atoms with Crippen LogP contribution in [-0.4, -0.2) is 34.8 Å². The van der Waals surface area contributed by atoms with E-state index in [1.165, 1.54) is 7.11 Å². The first-order valence-electron chi connectivity index (χ1n) is 8.78. The number of rotatable bonds is 5. The van der Waals surface area contributed by atoms with E-state index in [4.69, 9.17) is 4.74 Å². The van der Waals surface area contributed by atoms with Gasteiger partial charge in [0.1, 0.15) is 0 Å². The first-order chi connectivity index (χ1) is 11.4. The third-order valence-electron chi connectivity index (χ3n) is 5.98. The van der Waals surface area contributed by atoms with E-state index >= 15 is 0 Å². The molecule has 0 spiro atoms. The average Bonchev–Trinajstić information content (AvgIpc) is 3.20. The van der Waals surface area contributed by atoms with E-state index in [0.29, 0.717) is 24.7 Å². The number of carbonyl (C=O) groups is 2. The summed E-state index contributed by atoms with van der Waals surface area (Å²) in [5.41, 5.74) is 3.23. The fraction of sp³-hybridized carbons (Fsp3) is 0.722. The summed E-state index contributed by atoms with van der Waals surface area (Å²) in [6, 6.07) is -0.0557. The van der Waals surface area contributed by atoms with Crippen LogP contribution < -0.4 is 5.32 Å². The lowest BCUT2D eigenvalue weighted by Crippen LogP contribution is -2.47. The van der Waals surface area contributed by atoms with Crippen LogP contribution in [0, 0.1) is 31.6 Å². The molecule has 2 bridgehead atoms. The maximum atomic E-state index is 12.4. The monoisotopic (exact) mass is 333 g/mol. The quantitative estimate of drug-likeness (QED) is 0.832. The average molecular weight is 333 g/mol. The largest absolute Gasteiger partial charge is 0.469 e. The maximum absolute atomic E-state index is 12.4. The van der Waals surface area contributed by atoms with Crippen LogP contribution in [0.4, 0.5) is 0 Å². The number of hydrogen-bond acceptors (Lipinski definition) is 4. The normalized spacial score (nSPS) is 28.2. The summed E-state index contributed by atoms with van der Waals surface area (Å²) < 4.78 is 6.81. The molecule has 6 nitrogen and oxygen atoms in total. The van der Waals surface area contributed by atoms with Gasteiger partial charge in [-0.05, 0) is 56.9 Å². The molecule has 1 aromatic heterocycles. The van der Waals surface area contributed by atoms with Gasteiger partial charge < -0.3 is 10.1 Å². The van der Waals surface area contributed by atoms with Crippen molar-refractivity contribution in [2.45, 2.75) is 52.0 Å². The molecule has 0 saturated heterocycles. The number of methoxy groups -OCH3 is 1. The Balaban J connectivity index is 1.61. The lowest BCUT2D eigenvalue weighted by Gasteiger charge is -2.29. The zero-order valence-electron chi connectivity index (χ0n) is 15.0. The summed E-state index contributed by atoms with van der Waals surface area (Å²) >= 11 is 0. The molecular formula is C18H27N3O3. The Morgan fingerprint density at radius 3 is 2.62 bits per heavy atom. The number of hydrogen-bond donors (Lipinski definition) is 1. The van der Waals surface area contributed by atoms with Gasteiger partial charge in [0, 0.05) is 25.2 Å². The molecule has 1 amide bonds. The summed E-state index contributed by atoms with van der Waals surface area (Å²) in [7, 11) is 3.35. The summed E-state index contributed by atoms with van der Waals surface area (Å²) in [5.74, 6) is 0.468. The van der Waals surface area contributed by atoms with Crippen LogP contribution in [-0.2, 0) is 27.8 Å². The molecule has 24 heavy (non-hydrogen) atoms. The summed E-state index contributed by atoms with van der Waals surface area (Å²) in [6.07, 6.45) is 4.32. The molecule has 1 heterocycles. The lowest BCUT2D eigenvalue weighted by atomic mass is 9.84. The first kappa shape index (κ1) is 17.0. The molecule has 4 atom stereocenters. The van der Waals surface area contributed by atoms with Gasteiger partial charge in [-0.15, -0.1) is 0 Å². The van der Waals surface area contributed by atoms with E-state index in [2.05, 4.69) is 10.4 Å². The molecule has 1 aromatic rings. The molecule has 2 aliphatic carbocycles. The molecule has 1 N–H and O–H groups in total. The molecule has 0 aliphatic heterocycles. The number of esters is 1. The van der Waals surface area contributed by atoms with E-state index in [-0.39, 0.29) is 23.8 Å². The topological polar surface area (TPSA) is 73.2 Å². The molecule has 0 aromatic carbocycles. The predicted octanol–water partition coefficient (Wildman–Crippen LogP) is 1.67. The molecule has 2 aliphatic rings. The van der Waals surface area contributed by atoms with Crippen LogP contribution in [0.1, 0.15) is 42.6 Å². The summed E-state index contributed by atoms with van der Waals surface area (Å²) in [6.45, 7) is 4.00. The smallest absolute Gasteiger partial charge is 0.311 e. The zero-order valence-corrected chi connectivity index (χ0v) is 15.0. The number of nitrogens with zero attached hydrogens (tertiary/aromatic N) is 2. The Bertz CT molecular complexity index is 652. The van der Waals surface area contributed by atoms with Gasteiger partial charge in [0.15, 0.2) is 0 Å². The summed E-state index contributed by atoms with van der Waals surface area (Å²) in [5, 5.41) is 7.52. The van der Waals surface area contributed by atoms with Gasteiger partial charge in [0.25, 0.3) is 0 Å². The maximum Gasteiger partial charge on any atom is 0.311 e. The van der Waals surface area contributed by atoms with E-state index in [1.807, 2.05) is 25.6 Å². The number of aromatic nitrogens is 2. The SMILES string of the molecule is COC(=O)C1C2CCC(C2)C1NC(=O)CCc1c(C)nn(C)c1C. The van der Waals surface area contributed by atoms with Crippen molar-refractivity contribution in [1.29, 1.82) is 0 Å². The van der Waals surface area contributed by atoms with Crippen molar-refractivity contribution in [2.75, 3.05) is 7.11 Å². The minimum Gasteiger partial charge on any atom is -0.469 e. The second-order valence-electron chi connectivity index (χ2n) is 7.25. The Morgan fingerprint density at radius 1 is 1.29 bits per heavy atom. The second kappa shape index (κ2) is 6.57. The molecular weight excluding hydrogens is 306 g/mol. The molecule has 2 saturated carbocycles. The lowest BCUT2D eigenvalue weighted by molar-refractivity contribution is -0.148. The molecule has 2 fully saturated rings. The molecule has 4 unspecified atom stereocenters.